The molecule has 0 spiro atoms. The average Bonchev–Trinajstić information content (AvgIpc) is 2.23. The van der Waals surface area contributed by atoms with Crippen LogP contribution in [0.25, 0.3) is 0 Å². The molecule has 0 aromatic heterocycles. The molecule has 6 heteroatoms. The Bertz CT molecular complexity index is 357. The highest BCUT2D eigenvalue weighted by atomic mass is 19.3. The second-order valence-corrected chi connectivity index (χ2v) is 3.65. The summed E-state index contributed by atoms with van der Waals surface area (Å²) in [6.45, 7) is -0.192. The lowest BCUT2D eigenvalue weighted by atomic mass is 10.2. The van der Waals surface area contributed by atoms with E-state index in [1.807, 2.05) is 0 Å². The fourth-order valence-corrected chi connectivity index (χ4v) is 1.52. The smallest absolute Gasteiger partial charge is 0.251 e. The van der Waals surface area contributed by atoms with Crippen molar-refractivity contribution in [3.63, 3.8) is 0 Å². The molecule has 1 aromatic rings. The van der Waals surface area contributed by atoms with Crippen molar-refractivity contribution in [2.75, 3.05) is 19.6 Å². The van der Waals surface area contributed by atoms with Gasteiger partial charge in [-0.1, -0.05) is 0 Å². The van der Waals surface area contributed by atoms with E-state index < -0.39 is 24.6 Å². The Kier molecular flexibility index (Phi) is 5.37. The fraction of sp³-hybridized carbons (Fsp3) is 0.455. The number of rotatable bonds is 6. The summed E-state index contributed by atoms with van der Waals surface area (Å²) in [6.07, 6.45) is -2.53. The minimum absolute atomic E-state index is 0.0547. The highest BCUT2D eigenvalue weighted by Crippen LogP contribution is 2.13. The Balaban J connectivity index is 2.74. The minimum atomic E-state index is -2.53. The monoisotopic (exact) mass is 250 g/mol. The third-order valence-corrected chi connectivity index (χ3v) is 2.24. The van der Waals surface area contributed by atoms with Crippen LogP contribution in [0.1, 0.15) is 5.56 Å². The molecule has 0 saturated carbocycles. The Labute approximate surface area is 97.0 Å². The molecule has 0 bridgehead atoms. The molecule has 1 aromatic carbocycles. The highest BCUT2D eigenvalue weighted by Gasteiger charge is 2.14. The molecule has 0 unspecified atom stereocenters. The van der Waals surface area contributed by atoms with Gasteiger partial charge in [0.25, 0.3) is 6.43 Å². The zero-order valence-corrected chi connectivity index (χ0v) is 9.17. The zero-order valence-electron chi connectivity index (χ0n) is 9.17. The number of hydrogen-bond donors (Lipinski definition) is 1. The van der Waals surface area contributed by atoms with Gasteiger partial charge in [0.15, 0.2) is 0 Å². The Morgan fingerprint density at radius 2 is 1.94 bits per heavy atom. The van der Waals surface area contributed by atoms with Gasteiger partial charge in [0, 0.05) is 25.2 Å². The molecule has 1 rings (SSSR count). The first kappa shape index (κ1) is 13.9. The van der Waals surface area contributed by atoms with Gasteiger partial charge in [-0.2, -0.15) is 0 Å². The van der Waals surface area contributed by atoms with Gasteiger partial charge in [0.05, 0.1) is 6.54 Å². The number of benzene rings is 1. The highest BCUT2D eigenvalue weighted by molar-refractivity contribution is 5.18. The fourth-order valence-electron chi connectivity index (χ4n) is 1.52. The molecule has 96 valence electrons. The lowest BCUT2D eigenvalue weighted by molar-refractivity contribution is 0.0856. The van der Waals surface area contributed by atoms with E-state index >= 15 is 0 Å². The first-order chi connectivity index (χ1) is 8.02. The van der Waals surface area contributed by atoms with E-state index in [4.69, 9.17) is 5.73 Å². The molecular formula is C11H14F4N2. The molecule has 2 N–H and O–H groups in total. The van der Waals surface area contributed by atoms with E-state index in [0.29, 0.717) is 0 Å². The summed E-state index contributed by atoms with van der Waals surface area (Å²) in [5.41, 5.74) is 5.33. The van der Waals surface area contributed by atoms with Crippen molar-refractivity contribution < 1.29 is 17.6 Å². The molecule has 0 atom stereocenters. The second-order valence-electron chi connectivity index (χ2n) is 3.65. The van der Waals surface area contributed by atoms with Crippen LogP contribution in [0.15, 0.2) is 18.2 Å². The first-order valence-corrected chi connectivity index (χ1v) is 5.17. The number of nitrogens with zero attached hydrogens (tertiary/aromatic N) is 1. The van der Waals surface area contributed by atoms with Gasteiger partial charge in [-0.05, 0) is 18.2 Å². The third-order valence-electron chi connectivity index (χ3n) is 2.24. The minimum Gasteiger partial charge on any atom is -0.329 e. The van der Waals surface area contributed by atoms with E-state index in [1.165, 1.54) is 4.90 Å². The molecule has 0 saturated heterocycles. The van der Waals surface area contributed by atoms with Crippen molar-refractivity contribution in [2.45, 2.75) is 13.0 Å². The van der Waals surface area contributed by atoms with Crippen LogP contribution in [0, 0.1) is 11.6 Å². The van der Waals surface area contributed by atoms with Crippen molar-refractivity contribution in [3.8, 4) is 0 Å². The molecule has 0 amide bonds. The maximum absolute atomic E-state index is 13.3. The van der Waals surface area contributed by atoms with Crippen molar-refractivity contribution in [3.05, 3.63) is 35.4 Å². The molecule has 2 nitrogen and oxygen atoms in total. The van der Waals surface area contributed by atoms with Crippen molar-refractivity contribution >= 4 is 0 Å². The predicted octanol–water partition coefficient (Wildman–Crippen LogP) is 1.99. The van der Waals surface area contributed by atoms with E-state index in [2.05, 4.69) is 0 Å². The normalized spacial score (nSPS) is 11.5. The maximum Gasteiger partial charge on any atom is 0.251 e. The molecule has 0 aliphatic rings. The summed E-state index contributed by atoms with van der Waals surface area (Å²) >= 11 is 0. The number of halogens is 4. The topological polar surface area (TPSA) is 29.3 Å². The zero-order chi connectivity index (χ0) is 12.8. The molecular weight excluding hydrogens is 236 g/mol. The second kappa shape index (κ2) is 6.56. The summed E-state index contributed by atoms with van der Waals surface area (Å²) < 4.78 is 50.7. The van der Waals surface area contributed by atoms with E-state index in [-0.39, 0.29) is 25.2 Å². The van der Waals surface area contributed by atoms with Crippen LogP contribution in [-0.2, 0) is 6.54 Å². The largest absolute Gasteiger partial charge is 0.329 e. The molecule has 0 fully saturated rings. The van der Waals surface area contributed by atoms with Gasteiger partial charge >= 0.3 is 0 Å². The van der Waals surface area contributed by atoms with Crippen molar-refractivity contribution in [1.29, 1.82) is 0 Å². The summed E-state index contributed by atoms with van der Waals surface area (Å²) in [5.74, 6) is -1.20. The summed E-state index contributed by atoms with van der Waals surface area (Å²) in [4.78, 5) is 1.29. The Hall–Kier alpha value is -1.14. The van der Waals surface area contributed by atoms with Crippen LogP contribution in [0.5, 0.6) is 0 Å². The first-order valence-electron chi connectivity index (χ1n) is 5.17. The van der Waals surface area contributed by atoms with Crippen LogP contribution in [-0.4, -0.2) is 31.0 Å². The molecule has 0 aliphatic carbocycles. The Morgan fingerprint density at radius 3 is 2.53 bits per heavy atom. The number of alkyl halides is 2. The molecule has 0 radical (unpaired) electrons. The number of hydrogen-bond acceptors (Lipinski definition) is 2. The van der Waals surface area contributed by atoms with E-state index in [1.54, 1.807) is 0 Å². The quantitative estimate of drug-likeness (QED) is 0.782. The van der Waals surface area contributed by atoms with Gasteiger partial charge < -0.3 is 5.73 Å². The summed E-state index contributed by atoms with van der Waals surface area (Å²) in [5, 5.41) is 0. The van der Waals surface area contributed by atoms with Gasteiger partial charge in [0.2, 0.25) is 0 Å². The third kappa shape index (κ3) is 4.70. The van der Waals surface area contributed by atoms with Gasteiger partial charge in [0.1, 0.15) is 11.6 Å². The van der Waals surface area contributed by atoms with Crippen LogP contribution >= 0.6 is 0 Å². The maximum atomic E-state index is 13.3. The van der Waals surface area contributed by atoms with Crippen LogP contribution in [0.4, 0.5) is 17.6 Å². The van der Waals surface area contributed by atoms with Crippen molar-refractivity contribution in [2.24, 2.45) is 5.73 Å². The van der Waals surface area contributed by atoms with E-state index in [0.717, 1.165) is 18.2 Å². The molecule has 17 heavy (non-hydrogen) atoms. The summed E-state index contributed by atoms with van der Waals surface area (Å²) in [6, 6.07) is 2.97. The predicted molar refractivity (Wildman–Crippen MR) is 56.7 cm³/mol. The van der Waals surface area contributed by atoms with E-state index in [9.17, 15) is 17.6 Å². The van der Waals surface area contributed by atoms with Crippen LogP contribution in [0.2, 0.25) is 0 Å². The summed E-state index contributed by atoms with van der Waals surface area (Å²) in [7, 11) is 0. The SMILES string of the molecule is NCCN(Cc1cc(F)ccc1F)CC(F)F. The lowest BCUT2D eigenvalue weighted by Gasteiger charge is -2.21. The molecule has 0 aliphatic heterocycles. The van der Waals surface area contributed by atoms with Crippen molar-refractivity contribution in [1.82, 2.24) is 4.90 Å². The van der Waals surface area contributed by atoms with Crippen LogP contribution in [0.3, 0.4) is 0 Å². The van der Waals surface area contributed by atoms with Crippen LogP contribution < -0.4 is 5.73 Å². The lowest BCUT2D eigenvalue weighted by Crippen LogP contribution is -2.33. The Morgan fingerprint density at radius 1 is 1.24 bits per heavy atom. The average molecular weight is 250 g/mol. The number of nitrogens with two attached hydrogens (primary N) is 1. The van der Waals surface area contributed by atoms with Gasteiger partial charge in [-0.25, -0.2) is 17.6 Å². The van der Waals surface area contributed by atoms with Gasteiger partial charge in [-0.15, -0.1) is 0 Å². The molecule has 0 heterocycles. The standard InChI is InChI=1S/C11H14F4N2/c12-9-1-2-10(13)8(5-9)6-17(4-3-16)7-11(14)15/h1-2,5,11H,3-4,6-7,16H2. The van der Waals surface area contributed by atoms with Gasteiger partial charge in [-0.3, -0.25) is 4.90 Å².